The molecule has 1 heterocycles. The van der Waals surface area contributed by atoms with Gasteiger partial charge in [0, 0.05) is 13.0 Å². The molecule has 1 fully saturated rings. The van der Waals surface area contributed by atoms with Gasteiger partial charge in [0.25, 0.3) is 0 Å². The zero-order valence-electron chi connectivity index (χ0n) is 12.0. The standard InChI is InChI=1S/C16H23NO3/c1-20-15-7-5-13(6-8-15)14-9-11-17(12-14)10-3-2-4-16(18)19/h5-8,14H,2-4,9-12H2,1H3,(H,18,19). The minimum absolute atomic E-state index is 0.287. The lowest BCUT2D eigenvalue weighted by molar-refractivity contribution is -0.137. The van der Waals surface area contributed by atoms with Gasteiger partial charge in [0.15, 0.2) is 0 Å². The number of hydrogen-bond acceptors (Lipinski definition) is 3. The van der Waals surface area contributed by atoms with Crippen molar-refractivity contribution in [3.8, 4) is 5.75 Å². The van der Waals surface area contributed by atoms with Gasteiger partial charge in [0.05, 0.1) is 7.11 Å². The van der Waals surface area contributed by atoms with Gasteiger partial charge in [-0.15, -0.1) is 0 Å². The highest BCUT2D eigenvalue weighted by Crippen LogP contribution is 2.28. The van der Waals surface area contributed by atoms with E-state index >= 15 is 0 Å². The summed E-state index contributed by atoms with van der Waals surface area (Å²) in [7, 11) is 1.68. The molecule has 0 spiro atoms. The van der Waals surface area contributed by atoms with Gasteiger partial charge in [-0.05, 0) is 56.0 Å². The number of ether oxygens (including phenoxy) is 1. The Labute approximate surface area is 120 Å². The van der Waals surface area contributed by atoms with Crippen molar-refractivity contribution in [1.82, 2.24) is 4.90 Å². The van der Waals surface area contributed by atoms with Crippen LogP contribution in [0.15, 0.2) is 24.3 Å². The van der Waals surface area contributed by atoms with Crippen molar-refractivity contribution >= 4 is 5.97 Å². The third-order valence-corrected chi connectivity index (χ3v) is 3.97. The van der Waals surface area contributed by atoms with E-state index in [1.807, 2.05) is 12.1 Å². The third kappa shape index (κ3) is 4.23. The monoisotopic (exact) mass is 277 g/mol. The molecule has 2 rings (SSSR count). The molecular weight excluding hydrogens is 254 g/mol. The van der Waals surface area contributed by atoms with Crippen molar-refractivity contribution in [2.24, 2.45) is 0 Å². The number of carboxylic acid groups (broad SMARTS) is 1. The maximum atomic E-state index is 10.5. The summed E-state index contributed by atoms with van der Waals surface area (Å²) in [4.78, 5) is 12.9. The summed E-state index contributed by atoms with van der Waals surface area (Å²) < 4.78 is 5.18. The molecule has 0 amide bonds. The molecule has 1 unspecified atom stereocenters. The second kappa shape index (κ2) is 7.29. The summed E-state index contributed by atoms with van der Waals surface area (Å²) in [6.07, 6.45) is 3.22. The molecule has 1 aromatic rings. The highest BCUT2D eigenvalue weighted by Gasteiger charge is 2.23. The smallest absolute Gasteiger partial charge is 0.303 e. The van der Waals surface area contributed by atoms with Gasteiger partial charge in [-0.3, -0.25) is 4.79 Å². The van der Waals surface area contributed by atoms with E-state index in [0.29, 0.717) is 5.92 Å². The molecule has 4 nitrogen and oxygen atoms in total. The van der Waals surface area contributed by atoms with Crippen LogP contribution in [0, 0.1) is 0 Å². The van der Waals surface area contributed by atoms with Gasteiger partial charge < -0.3 is 14.7 Å². The average Bonchev–Trinajstić information content (AvgIpc) is 2.92. The van der Waals surface area contributed by atoms with E-state index in [-0.39, 0.29) is 6.42 Å². The van der Waals surface area contributed by atoms with Crippen LogP contribution >= 0.6 is 0 Å². The lowest BCUT2D eigenvalue weighted by atomic mass is 9.98. The fraction of sp³-hybridized carbons (Fsp3) is 0.562. The van der Waals surface area contributed by atoms with Crippen LogP contribution in [0.1, 0.15) is 37.2 Å². The second-order valence-electron chi connectivity index (χ2n) is 5.41. The van der Waals surface area contributed by atoms with Gasteiger partial charge in [-0.1, -0.05) is 12.1 Å². The zero-order valence-corrected chi connectivity index (χ0v) is 12.0. The van der Waals surface area contributed by atoms with Crippen molar-refractivity contribution in [3.63, 3.8) is 0 Å². The Morgan fingerprint density at radius 3 is 2.75 bits per heavy atom. The van der Waals surface area contributed by atoms with E-state index in [2.05, 4.69) is 17.0 Å². The molecule has 0 saturated carbocycles. The Hall–Kier alpha value is -1.55. The first kappa shape index (κ1) is 14.9. The van der Waals surface area contributed by atoms with Crippen LogP contribution in [0.3, 0.4) is 0 Å². The summed E-state index contributed by atoms with van der Waals surface area (Å²) in [5, 5.41) is 8.62. The molecule has 4 heteroatoms. The van der Waals surface area contributed by atoms with E-state index in [1.165, 1.54) is 12.0 Å². The molecule has 110 valence electrons. The van der Waals surface area contributed by atoms with E-state index in [9.17, 15) is 4.79 Å². The van der Waals surface area contributed by atoms with Crippen LogP contribution in [-0.2, 0) is 4.79 Å². The van der Waals surface area contributed by atoms with Crippen LogP contribution < -0.4 is 4.74 Å². The number of rotatable bonds is 7. The van der Waals surface area contributed by atoms with Crippen LogP contribution in [0.5, 0.6) is 5.75 Å². The maximum absolute atomic E-state index is 10.5. The van der Waals surface area contributed by atoms with Crippen molar-refractivity contribution < 1.29 is 14.6 Å². The average molecular weight is 277 g/mol. The Balaban J connectivity index is 1.75. The number of hydrogen-bond donors (Lipinski definition) is 1. The molecule has 1 atom stereocenters. The summed E-state index contributed by atoms with van der Waals surface area (Å²) in [6, 6.07) is 8.34. The lowest BCUT2D eigenvalue weighted by Gasteiger charge is -2.16. The normalized spacial score (nSPS) is 19.1. The number of benzene rings is 1. The Bertz CT molecular complexity index is 430. The molecule has 0 aliphatic carbocycles. The Kier molecular flexibility index (Phi) is 5.41. The molecule has 1 saturated heterocycles. The molecule has 20 heavy (non-hydrogen) atoms. The van der Waals surface area contributed by atoms with Crippen molar-refractivity contribution in [3.05, 3.63) is 29.8 Å². The van der Waals surface area contributed by atoms with Gasteiger partial charge >= 0.3 is 5.97 Å². The van der Waals surface area contributed by atoms with E-state index in [0.717, 1.165) is 38.2 Å². The van der Waals surface area contributed by atoms with Crippen LogP contribution in [0.2, 0.25) is 0 Å². The molecule has 0 aromatic heterocycles. The summed E-state index contributed by atoms with van der Waals surface area (Å²) in [5.41, 5.74) is 1.37. The highest BCUT2D eigenvalue weighted by atomic mass is 16.5. The molecular formula is C16H23NO3. The lowest BCUT2D eigenvalue weighted by Crippen LogP contribution is -2.21. The summed E-state index contributed by atoms with van der Waals surface area (Å²) in [6.45, 7) is 3.21. The Morgan fingerprint density at radius 1 is 1.35 bits per heavy atom. The van der Waals surface area contributed by atoms with E-state index in [4.69, 9.17) is 9.84 Å². The molecule has 1 N–H and O–H groups in total. The first-order valence-electron chi connectivity index (χ1n) is 7.27. The van der Waals surface area contributed by atoms with Crippen molar-refractivity contribution in [1.29, 1.82) is 0 Å². The number of carbonyl (C=O) groups is 1. The zero-order chi connectivity index (χ0) is 14.4. The van der Waals surface area contributed by atoms with Gasteiger partial charge in [-0.25, -0.2) is 0 Å². The molecule has 1 aliphatic rings. The maximum Gasteiger partial charge on any atom is 0.303 e. The fourth-order valence-corrected chi connectivity index (χ4v) is 2.80. The SMILES string of the molecule is COc1ccc(C2CCN(CCCCC(=O)O)C2)cc1. The van der Waals surface area contributed by atoms with Crippen LogP contribution in [0.4, 0.5) is 0 Å². The van der Waals surface area contributed by atoms with E-state index in [1.54, 1.807) is 7.11 Å². The Morgan fingerprint density at radius 2 is 2.10 bits per heavy atom. The number of aliphatic carboxylic acids is 1. The largest absolute Gasteiger partial charge is 0.497 e. The molecule has 0 radical (unpaired) electrons. The molecule has 1 aliphatic heterocycles. The predicted molar refractivity (Wildman–Crippen MR) is 78.3 cm³/mol. The number of unbranched alkanes of at least 4 members (excludes halogenated alkanes) is 1. The van der Waals surface area contributed by atoms with Crippen molar-refractivity contribution in [2.75, 3.05) is 26.7 Å². The summed E-state index contributed by atoms with van der Waals surface area (Å²) in [5.74, 6) is 0.806. The summed E-state index contributed by atoms with van der Waals surface area (Å²) >= 11 is 0. The van der Waals surface area contributed by atoms with Crippen molar-refractivity contribution in [2.45, 2.75) is 31.6 Å². The molecule has 1 aromatic carbocycles. The van der Waals surface area contributed by atoms with Gasteiger partial charge in [0.1, 0.15) is 5.75 Å². The quantitative estimate of drug-likeness (QED) is 0.779. The van der Waals surface area contributed by atoms with E-state index < -0.39 is 5.97 Å². The third-order valence-electron chi connectivity index (χ3n) is 3.97. The predicted octanol–water partition coefficient (Wildman–Crippen LogP) is 2.74. The van der Waals surface area contributed by atoms with Crippen LogP contribution in [0.25, 0.3) is 0 Å². The number of likely N-dealkylation sites (tertiary alicyclic amines) is 1. The second-order valence-corrected chi connectivity index (χ2v) is 5.41. The van der Waals surface area contributed by atoms with Gasteiger partial charge in [-0.2, -0.15) is 0 Å². The number of nitrogens with zero attached hydrogens (tertiary/aromatic N) is 1. The van der Waals surface area contributed by atoms with Gasteiger partial charge in [0.2, 0.25) is 0 Å². The number of methoxy groups -OCH3 is 1. The minimum Gasteiger partial charge on any atom is -0.497 e. The number of carboxylic acids is 1. The topological polar surface area (TPSA) is 49.8 Å². The first-order valence-corrected chi connectivity index (χ1v) is 7.27. The van der Waals surface area contributed by atoms with Crippen LogP contribution in [-0.4, -0.2) is 42.7 Å². The highest BCUT2D eigenvalue weighted by molar-refractivity contribution is 5.66. The first-order chi connectivity index (χ1) is 9.69. The fourth-order valence-electron chi connectivity index (χ4n) is 2.80. The minimum atomic E-state index is -0.692. The molecule has 0 bridgehead atoms.